The summed E-state index contributed by atoms with van der Waals surface area (Å²) in [6, 6.07) is 69.2. The minimum atomic E-state index is 0.607. The van der Waals surface area contributed by atoms with Crippen molar-refractivity contribution < 1.29 is 4.42 Å². The van der Waals surface area contributed by atoms with Gasteiger partial charge in [-0.3, -0.25) is 0 Å². The second-order valence-electron chi connectivity index (χ2n) is 13.6. The van der Waals surface area contributed by atoms with E-state index in [2.05, 4.69) is 158 Å². The maximum absolute atomic E-state index is 6.87. The van der Waals surface area contributed by atoms with Gasteiger partial charge in [0.05, 0.1) is 0 Å². The molecule has 10 aromatic rings. The van der Waals surface area contributed by atoms with E-state index in [9.17, 15) is 0 Å². The van der Waals surface area contributed by atoms with Gasteiger partial charge in [-0.2, -0.15) is 0 Å². The van der Waals surface area contributed by atoms with E-state index in [0.29, 0.717) is 17.5 Å². The van der Waals surface area contributed by atoms with Gasteiger partial charge in [0.2, 0.25) is 0 Å². The zero-order valence-electron chi connectivity index (χ0n) is 29.8. The Morgan fingerprint density at radius 2 is 0.600 bits per heavy atom. The third-order valence-corrected chi connectivity index (χ3v) is 10.2. The van der Waals surface area contributed by atoms with Gasteiger partial charge in [-0.05, 0) is 45.5 Å². The lowest BCUT2D eigenvalue weighted by Gasteiger charge is -2.10. The highest BCUT2D eigenvalue weighted by atomic mass is 16.3. The smallest absolute Gasteiger partial charge is 0.164 e. The molecule has 0 bridgehead atoms. The molecule has 0 radical (unpaired) electrons. The number of rotatable bonds is 7. The molecule has 0 aliphatic heterocycles. The molecule has 2 aromatic heterocycles. The maximum atomic E-state index is 6.87. The average molecular weight is 704 g/mol. The van der Waals surface area contributed by atoms with E-state index in [4.69, 9.17) is 19.4 Å². The van der Waals surface area contributed by atoms with Crippen LogP contribution < -0.4 is 0 Å². The monoisotopic (exact) mass is 703 g/mol. The fraction of sp³-hybridized carbons (Fsp3) is 0. The van der Waals surface area contributed by atoms with Crippen LogP contribution in [0, 0.1) is 0 Å². The van der Waals surface area contributed by atoms with Gasteiger partial charge in [0.25, 0.3) is 0 Å². The van der Waals surface area contributed by atoms with Crippen LogP contribution in [-0.4, -0.2) is 15.0 Å². The lowest BCUT2D eigenvalue weighted by Crippen LogP contribution is -2.00. The molecule has 0 N–H and O–H groups in total. The number of benzene rings is 8. The Morgan fingerprint density at radius 3 is 1.15 bits per heavy atom. The third-order valence-electron chi connectivity index (χ3n) is 10.2. The number of fused-ring (bicyclic) bond motifs is 3. The number of furan rings is 1. The van der Waals surface area contributed by atoms with Gasteiger partial charge < -0.3 is 4.42 Å². The van der Waals surface area contributed by atoms with E-state index in [-0.39, 0.29) is 0 Å². The van der Waals surface area contributed by atoms with Crippen molar-refractivity contribution in [3.8, 4) is 78.7 Å². The van der Waals surface area contributed by atoms with E-state index < -0.39 is 0 Å². The molecular weight excluding hydrogens is 671 g/mol. The third kappa shape index (κ3) is 6.16. The van der Waals surface area contributed by atoms with Gasteiger partial charge in [-0.15, -0.1) is 0 Å². The standard InChI is InChI=1S/C51H33N3O/c1-4-14-34(15-5-1)36-28-30-38(31-29-36)50-52-49(37-18-8-3-9-19-37)53-51(54-50)42-23-11-22-41(33-42)44-25-13-27-46-45-26-12-24-43(47(45)55-48(44)46)40-21-10-20-39(32-40)35-16-6-2-7-17-35/h1-33H. The largest absolute Gasteiger partial charge is 0.455 e. The van der Waals surface area contributed by atoms with Crippen LogP contribution in [0.4, 0.5) is 0 Å². The zero-order chi connectivity index (χ0) is 36.6. The molecule has 0 spiro atoms. The first kappa shape index (κ1) is 32.2. The molecule has 0 unspecified atom stereocenters. The summed E-state index contributed by atoms with van der Waals surface area (Å²) in [4.78, 5) is 15.1. The Balaban J connectivity index is 1.07. The first-order chi connectivity index (χ1) is 27.2. The average Bonchev–Trinajstić information content (AvgIpc) is 3.67. The number of hydrogen-bond donors (Lipinski definition) is 0. The summed E-state index contributed by atoms with van der Waals surface area (Å²) in [6.07, 6.45) is 0. The molecule has 0 aliphatic carbocycles. The predicted octanol–water partition coefficient (Wildman–Crippen LogP) is 13.4. The Kier molecular flexibility index (Phi) is 8.12. The minimum absolute atomic E-state index is 0.607. The summed E-state index contributed by atoms with van der Waals surface area (Å²) in [6.45, 7) is 0. The number of nitrogens with zero attached hydrogens (tertiary/aromatic N) is 3. The fourth-order valence-electron chi connectivity index (χ4n) is 7.39. The summed E-state index contributed by atoms with van der Waals surface area (Å²) in [5.74, 6) is 1.86. The van der Waals surface area contributed by atoms with Crippen LogP contribution in [0.15, 0.2) is 205 Å². The van der Waals surface area contributed by atoms with Crippen molar-refractivity contribution in [3.63, 3.8) is 0 Å². The van der Waals surface area contributed by atoms with Gasteiger partial charge in [-0.1, -0.05) is 188 Å². The van der Waals surface area contributed by atoms with Crippen LogP contribution in [0.25, 0.3) is 101 Å². The summed E-state index contributed by atoms with van der Waals surface area (Å²) < 4.78 is 6.87. The van der Waals surface area contributed by atoms with Crippen molar-refractivity contribution in [3.05, 3.63) is 200 Å². The van der Waals surface area contributed by atoms with Gasteiger partial charge in [0.15, 0.2) is 17.5 Å². The molecule has 0 atom stereocenters. The normalized spacial score (nSPS) is 11.3. The highest BCUT2D eigenvalue weighted by Gasteiger charge is 2.18. The topological polar surface area (TPSA) is 51.8 Å². The molecule has 55 heavy (non-hydrogen) atoms. The molecular formula is C51H33N3O. The predicted molar refractivity (Wildman–Crippen MR) is 225 cm³/mol. The summed E-state index contributed by atoms with van der Waals surface area (Å²) in [5, 5.41) is 2.16. The minimum Gasteiger partial charge on any atom is -0.455 e. The summed E-state index contributed by atoms with van der Waals surface area (Å²) in [5.41, 5.74) is 13.3. The van der Waals surface area contributed by atoms with E-state index in [1.54, 1.807) is 0 Å². The van der Waals surface area contributed by atoms with Gasteiger partial charge >= 0.3 is 0 Å². The molecule has 4 heteroatoms. The Hall–Kier alpha value is -7.43. The number of aromatic nitrogens is 3. The van der Waals surface area contributed by atoms with Crippen molar-refractivity contribution >= 4 is 21.9 Å². The van der Waals surface area contributed by atoms with Crippen molar-refractivity contribution in [1.82, 2.24) is 15.0 Å². The van der Waals surface area contributed by atoms with Crippen molar-refractivity contribution in [2.75, 3.05) is 0 Å². The van der Waals surface area contributed by atoms with Crippen molar-refractivity contribution in [1.29, 1.82) is 0 Å². The molecule has 258 valence electrons. The van der Waals surface area contributed by atoms with Crippen molar-refractivity contribution in [2.24, 2.45) is 0 Å². The molecule has 0 saturated carbocycles. The number of para-hydroxylation sites is 2. The van der Waals surface area contributed by atoms with E-state index in [1.807, 2.05) is 42.5 Å². The van der Waals surface area contributed by atoms with Crippen LogP contribution in [0.3, 0.4) is 0 Å². The Labute approximate surface area is 319 Å². The second kappa shape index (κ2) is 13.8. The Bertz CT molecular complexity index is 2950. The molecule has 0 fully saturated rings. The highest BCUT2D eigenvalue weighted by Crippen LogP contribution is 2.41. The van der Waals surface area contributed by atoms with Gasteiger partial charge in [0, 0.05) is 38.6 Å². The van der Waals surface area contributed by atoms with E-state index in [0.717, 1.165) is 66.4 Å². The molecule has 2 heterocycles. The fourth-order valence-corrected chi connectivity index (χ4v) is 7.39. The van der Waals surface area contributed by atoms with Crippen LogP contribution in [0.5, 0.6) is 0 Å². The lowest BCUT2D eigenvalue weighted by molar-refractivity contribution is 0.671. The molecule has 4 nitrogen and oxygen atoms in total. The maximum Gasteiger partial charge on any atom is 0.164 e. The summed E-state index contributed by atoms with van der Waals surface area (Å²) in [7, 11) is 0. The number of hydrogen-bond acceptors (Lipinski definition) is 4. The van der Waals surface area contributed by atoms with E-state index >= 15 is 0 Å². The zero-order valence-corrected chi connectivity index (χ0v) is 29.8. The summed E-state index contributed by atoms with van der Waals surface area (Å²) >= 11 is 0. The quantitative estimate of drug-likeness (QED) is 0.166. The second-order valence-corrected chi connectivity index (χ2v) is 13.6. The lowest BCUT2D eigenvalue weighted by atomic mass is 9.97. The van der Waals surface area contributed by atoms with E-state index in [1.165, 1.54) is 16.7 Å². The highest BCUT2D eigenvalue weighted by molar-refractivity contribution is 6.13. The van der Waals surface area contributed by atoms with Crippen LogP contribution in [0.1, 0.15) is 0 Å². The van der Waals surface area contributed by atoms with Gasteiger partial charge in [0.1, 0.15) is 11.2 Å². The molecule has 8 aromatic carbocycles. The first-order valence-corrected chi connectivity index (χ1v) is 18.4. The molecule has 0 amide bonds. The molecule has 0 saturated heterocycles. The SMILES string of the molecule is c1ccc(-c2ccc(-c3nc(-c4ccccc4)nc(-c4cccc(-c5cccc6c5oc5c(-c7cccc(-c8ccccc8)c7)cccc56)c4)n3)cc2)cc1. The molecule has 0 aliphatic rings. The Morgan fingerprint density at radius 1 is 0.255 bits per heavy atom. The van der Waals surface area contributed by atoms with Gasteiger partial charge in [-0.25, -0.2) is 15.0 Å². The van der Waals surface area contributed by atoms with Crippen LogP contribution in [-0.2, 0) is 0 Å². The van der Waals surface area contributed by atoms with Crippen LogP contribution >= 0.6 is 0 Å². The van der Waals surface area contributed by atoms with Crippen molar-refractivity contribution in [2.45, 2.75) is 0 Å². The first-order valence-electron chi connectivity index (χ1n) is 18.4. The molecule has 10 rings (SSSR count). The van der Waals surface area contributed by atoms with Crippen LogP contribution in [0.2, 0.25) is 0 Å².